The summed E-state index contributed by atoms with van der Waals surface area (Å²) in [5, 5.41) is 3.13. The minimum atomic E-state index is -0.415. The molecule has 1 aromatic heterocycles. The Morgan fingerprint density at radius 3 is 2.78 bits per heavy atom. The number of hydrogen-bond acceptors (Lipinski definition) is 1. The van der Waals surface area contributed by atoms with E-state index in [1.165, 1.54) is 6.07 Å². The van der Waals surface area contributed by atoms with Gasteiger partial charge in [-0.05, 0) is 44.3 Å². The number of halogens is 2. The lowest BCUT2D eigenvalue weighted by Gasteiger charge is -2.15. The van der Waals surface area contributed by atoms with Gasteiger partial charge in [0.15, 0.2) is 0 Å². The van der Waals surface area contributed by atoms with E-state index in [1.807, 2.05) is 36.9 Å². The summed E-state index contributed by atoms with van der Waals surface area (Å²) >= 11 is 0. The Labute approximate surface area is 105 Å². The molecule has 96 valence electrons. The van der Waals surface area contributed by atoms with Crippen molar-refractivity contribution in [2.24, 2.45) is 0 Å². The van der Waals surface area contributed by atoms with Crippen molar-refractivity contribution in [3.8, 4) is 0 Å². The standard InChI is InChI=1S/C14H16F2N2/c1-10(17-2)14-4-3-7-18(14)9-11-8-12(15)5-6-13(11)16/h3-8,10,17H,9H2,1-2H3. The van der Waals surface area contributed by atoms with Crippen LogP contribution in [0.1, 0.15) is 24.2 Å². The molecule has 1 heterocycles. The van der Waals surface area contributed by atoms with Crippen LogP contribution in [0.15, 0.2) is 36.5 Å². The Morgan fingerprint density at radius 1 is 1.28 bits per heavy atom. The molecular weight excluding hydrogens is 234 g/mol. The summed E-state index contributed by atoms with van der Waals surface area (Å²) < 4.78 is 28.6. The molecule has 2 rings (SSSR count). The van der Waals surface area contributed by atoms with E-state index in [0.717, 1.165) is 17.8 Å². The third kappa shape index (κ3) is 2.59. The lowest BCUT2D eigenvalue weighted by Crippen LogP contribution is -2.17. The fraction of sp³-hybridized carbons (Fsp3) is 0.286. The van der Waals surface area contributed by atoms with Crippen molar-refractivity contribution in [2.45, 2.75) is 19.5 Å². The van der Waals surface area contributed by atoms with E-state index in [4.69, 9.17) is 0 Å². The third-order valence-corrected chi connectivity index (χ3v) is 3.09. The maximum atomic E-state index is 13.6. The molecule has 0 radical (unpaired) electrons. The topological polar surface area (TPSA) is 17.0 Å². The second kappa shape index (κ2) is 5.31. The SMILES string of the molecule is CNC(C)c1cccn1Cc1cc(F)ccc1F. The molecule has 0 amide bonds. The molecule has 2 aromatic rings. The summed E-state index contributed by atoms with van der Waals surface area (Å²) in [6, 6.07) is 7.57. The van der Waals surface area contributed by atoms with Gasteiger partial charge in [0.05, 0.1) is 6.54 Å². The van der Waals surface area contributed by atoms with Gasteiger partial charge in [0.2, 0.25) is 0 Å². The van der Waals surface area contributed by atoms with E-state index in [9.17, 15) is 8.78 Å². The smallest absolute Gasteiger partial charge is 0.128 e. The molecule has 4 heteroatoms. The zero-order valence-electron chi connectivity index (χ0n) is 10.5. The van der Waals surface area contributed by atoms with Crippen LogP contribution >= 0.6 is 0 Å². The van der Waals surface area contributed by atoms with Crippen molar-refractivity contribution in [3.05, 3.63) is 59.4 Å². The van der Waals surface area contributed by atoms with E-state index >= 15 is 0 Å². The van der Waals surface area contributed by atoms with Gasteiger partial charge in [0.25, 0.3) is 0 Å². The predicted octanol–water partition coefficient (Wildman–Crippen LogP) is 3.10. The van der Waals surface area contributed by atoms with Crippen LogP contribution in [-0.2, 0) is 6.54 Å². The molecule has 2 nitrogen and oxygen atoms in total. The second-order valence-electron chi connectivity index (χ2n) is 4.31. The number of nitrogens with zero attached hydrogens (tertiary/aromatic N) is 1. The largest absolute Gasteiger partial charge is 0.345 e. The fourth-order valence-electron chi connectivity index (χ4n) is 1.96. The molecule has 1 unspecified atom stereocenters. The minimum absolute atomic E-state index is 0.164. The number of nitrogens with one attached hydrogen (secondary N) is 1. The average molecular weight is 250 g/mol. The summed E-state index contributed by atoms with van der Waals surface area (Å²) in [4.78, 5) is 0. The summed E-state index contributed by atoms with van der Waals surface area (Å²) in [7, 11) is 1.87. The molecule has 0 aliphatic rings. The summed E-state index contributed by atoms with van der Waals surface area (Å²) in [5.41, 5.74) is 1.40. The zero-order chi connectivity index (χ0) is 13.1. The van der Waals surface area contributed by atoms with Crippen molar-refractivity contribution in [1.29, 1.82) is 0 Å². The van der Waals surface area contributed by atoms with Crippen molar-refractivity contribution < 1.29 is 8.78 Å². The molecule has 1 atom stereocenters. The van der Waals surface area contributed by atoms with E-state index < -0.39 is 5.82 Å². The molecule has 0 saturated carbocycles. The Morgan fingerprint density at radius 2 is 2.06 bits per heavy atom. The van der Waals surface area contributed by atoms with Crippen LogP contribution in [0.3, 0.4) is 0 Å². The monoisotopic (exact) mass is 250 g/mol. The van der Waals surface area contributed by atoms with Gasteiger partial charge < -0.3 is 9.88 Å². The Balaban J connectivity index is 2.29. The number of hydrogen-bond donors (Lipinski definition) is 1. The normalized spacial score (nSPS) is 12.7. The van der Waals surface area contributed by atoms with Gasteiger partial charge in [-0.15, -0.1) is 0 Å². The van der Waals surface area contributed by atoms with Crippen molar-refractivity contribution in [3.63, 3.8) is 0 Å². The van der Waals surface area contributed by atoms with Crippen LogP contribution in [0.4, 0.5) is 8.78 Å². The highest BCUT2D eigenvalue weighted by atomic mass is 19.1. The number of rotatable bonds is 4. The first-order valence-corrected chi connectivity index (χ1v) is 5.88. The Bertz CT molecular complexity index is 534. The predicted molar refractivity (Wildman–Crippen MR) is 67.4 cm³/mol. The van der Waals surface area contributed by atoms with Gasteiger partial charge in [-0.1, -0.05) is 0 Å². The molecule has 0 aliphatic carbocycles. The zero-order valence-corrected chi connectivity index (χ0v) is 10.5. The van der Waals surface area contributed by atoms with Gasteiger partial charge in [0, 0.05) is 23.5 Å². The molecule has 1 N–H and O–H groups in total. The lowest BCUT2D eigenvalue weighted by atomic mass is 10.2. The quantitative estimate of drug-likeness (QED) is 0.882. The van der Waals surface area contributed by atoms with Crippen LogP contribution in [0.5, 0.6) is 0 Å². The molecule has 18 heavy (non-hydrogen) atoms. The van der Waals surface area contributed by atoms with Crippen LogP contribution in [-0.4, -0.2) is 11.6 Å². The van der Waals surface area contributed by atoms with Gasteiger partial charge in [-0.25, -0.2) is 8.78 Å². The summed E-state index contributed by atoms with van der Waals surface area (Å²) in [6.45, 7) is 2.35. The first kappa shape index (κ1) is 12.8. The molecular formula is C14H16F2N2. The van der Waals surface area contributed by atoms with E-state index in [0.29, 0.717) is 12.1 Å². The maximum absolute atomic E-state index is 13.6. The maximum Gasteiger partial charge on any atom is 0.128 e. The molecule has 1 aromatic carbocycles. The highest BCUT2D eigenvalue weighted by Crippen LogP contribution is 2.17. The van der Waals surface area contributed by atoms with Crippen LogP contribution in [0.2, 0.25) is 0 Å². The minimum Gasteiger partial charge on any atom is -0.345 e. The Hall–Kier alpha value is -1.68. The number of benzene rings is 1. The molecule has 0 spiro atoms. The van der Waals surface area contributed by atoms with Gasteiger partial charge in [0.1, 0.15) is 11.6 Å². The second-order valence-corrected chi connectivity index (χ2v) is 4.31. The number of aromatic nitrogens is 1. The van der Waals surface area contributed by atoms with E-state index in [-0.39, 0.29) is 11.9 Å². The van der Waals surface area contributed by atoms with Gasteiger partial charge in [-0.2, -0.15) is 0 Å². The molecule has 0 fully saturated rings. The first-order valence-electron chi connectivity index (χ1n) is 5.88. The van der Waals surface area contributed by atoms with Crippen LogP contribution < -0.4 is 5.32 Å². The molecule has 0 aliphatic heterocycles. The molecule has 0 bridgehead atoms. The van der Waals surface area contributed by atoms with E-state index in [1.54, 1.807) is 0 Å². The van der Waals surface area contributed by atoms with Gasteiger partial charge >= 0.3 is 0 Å². The third-order valence-electron chi connectivity index (χ3n) is 3.09. The van der Waals surface area contributed by atoms with Crippen molar-refractivity contribution in [1.82, 2.24) is 9.88 Å². The highest BCUT2D eigenvalue weighted by Gasteiger charge is 2.10. The fourth-order valence-corrected chi connectivity index (χ4v) is 1.96. The van der Waals surface area contributed by atoms with Gasteiger partial charge in [-0.3, -0.25) is 0 Å². The average Bonchev–Trinajstić information content (AvgIpc) is 2.81. The lowest BCUT2D eigenvalue weighted by molar-refractivity contribution is 0.557. The highest BCUT2D eigenvalue weighted by molar-refractivity contribution is 5.21. The van der Waals surface area contributed by atoms with Crippen LogP contribution in [0.25, 0.3) is 0 Å². The van der Waals surface area contributed by atoms with E-state index in [2.05, 4.69) is 5.32 Å². The first-order chi connectivity index (χ1) is 8.61. The summed E-state index contributed by atoms with van der Waals surface area (Å²) in [6.07, 6.45) is 1.87. The van der Waals surface area contributed by atoms with Crippen molar-refractivity contribution >= 4 is 0 Å². The Kier molecular flexibility index (Phi) is 3.77. The molecule has 0 saturated heterocycles. The van der Waals surface area contributed by atoms with Crippen LogP contribution in [0, 0.1) is 11.6 Å². The van der Waals surface area contributed by atoms with Crippen molar-refractivity contribution in [2.75, 3.05) is 7.05 Å². The summed E-state index contributed by atoms with van der Waals surface area (Å²) in [5.74, 6) is -0.796.